The summed E-state index contributed by atoms with van der Waals surface area (Å²) in [5.74, 6) is 0.665. The van der Waals surface area contributed by atoms with E-state index in [1.807, 2.05) is 55.1 Å². The van der Waals surface area contributed by atoms with Gasteiger partial charge < -0.3 is 24.4 Å². The summed E-state index contributed by atoms with van der Waals surface area (Å²) in [7, 11) is 1.60. The number of methoxy groups -OCH3 is 1. The average Bonchev–Trinajstić information content (AvgIpc) is 2.80. The number of hydrogen-bond acceptors (Lipinski definition) is 5. The van der Waals surface area contributed by atoms with Crippen molar-refractivity contribution < 1.29 is 23.8 Å². The molecule has 0 saturated heterocycles. The van der Waals surface area contributed by atoms with E-state index in [1.54, 1.807) is 7.11 Å². The highest BCUT2D eigenvalue weighted by Gasteiger charge is 2.46. The zero-order chi connectivity index (χ0) is 22.7. The van der Waals surface area contributed by atoms with Gasteiger partial charge in [0.05, 0.1) is 31.8 Å². The summed E-state index contributed by atoms with van der Waals surface area (Å²) in [6, 6.07) is 11.0. The van der Waals surface area contributed by atoms with Crippen molar-refractivity contribution >= 4 is 11.8 Å². The van der Waals surface area contributed by atoms with Gasteiger partial charge in [-0.1, -0.05) is 18.2 Å². The maximum Gasteiger partial charge on any atom is 0.254 e. The molecule has 0 aromatic heterocycles. The summed E-state index contributed by atoms with van der Waals surface area (Å²) < 4.78 is 16.8. The third kappa shape index (κ3) is 3.93. The number of carbonyl (C=O) groups is 2. The fourth-order valence-electron chi connectivity index (χ4n) is 4.74. The lowest BCUT2D eigenvalue weighted by Gasteiger charge is -2.45. The largest absolute Gasteiger partial charge is 0.490 e. The van der Waals surface area contributed by atoms with Crippen molar-refractivity contribution in [2.24, 2.45) is 0 Å². The predicted octanol–water partition coefficient (Wildman–Crippen LogP) is 3.08. The van der Waals surface area contributed by atoms with Gasteiger partial charge in [0.25, 0.3) is 5.91 Å². The highest BCUT2D eigenvalue weighted by atomic mass is 16.5. The number of fused-ring (bicyclic) bond motifs is 4. The second kappa shape index (κ2) is 9.61. The summed E-state index contributed by atoms with van der Waals surface area (Å²) in [5.41, 5.74) is 3.38. The highest BCUT2D eigenvalue weighted by Crippen LogP contribution is 2.48. The van der Waals surface area contributed by atoms with Crippen LogP contribution in [0.5, 0.6) is 11.5 Å². The van der Waals surface area contributed by atoms with Crippen LogP contribution >= 0.6 is 0 Å². The third-order valence-corrected chi connectivity index (χ3v) is 6.07. The van der Waals surface area contributed by atoms with Gasteiger partial charge in [-0.3, -0.25) is 9.59 Å². The molecule has 0 fully saturated rings. The maximum atomic E-state index is 13.4. The summed E-state index contributed by atoms with van der Waals surface area (Å²) in [6.07, 6.45) is 0.699. The lowest BCUT2D eigenvalue weighted by atomic mass is 9.75. The number of hydrogen-bond donors (Lipinski definition) is 1. The normalized spacial score (nSPS) is 19.0. The molecular formula is C25H30N2O5. The first-order chi connectivity index (χ1) is 15.6. The SMILES string of the molecule is CCOc1cc2c(cc1OCC)[C@H]1[C@@H](C(=O)NCCOC)c3ccccc3C(=O)N1CC2. The molecule has 2 aromatic carbocycles. The second-order valence-electron chi connectivity index (χ2n) is 7.91. The predicted molar refractivity (Wildman–Crippen MR) is 120 cm³/mol. The van der Waals surface area contributed by atoms with E-state index in [4.69, 9.17) is 14.2 Å². The molecule has 170 valence electrons. The Kier molecular flexibility index (Phi) is 6.65. The molecule has 1 N–H and O–H groups in total. The fourth-order valence-corrected chi connectivity index (χ4v) is 4.74. The first-order valence-corrected chi connectivity index (χ1v) is 11.2. The molecule has 0 radical (unpaired) electrons. The summed E-state index contributed by atoms with van der Waals surface area (Å²) in [6.45, 7) is 6.28. The van der Waals surface area contributed by atoms with Crippen molar-refractivity contribution in [2.45, 2.75) is 32.2 Å². The standard InChI is InChI=1S/C25H30N2O5/c1-4-31-20-14-16-10-12-27-23(19(16)15-21(20)32-5-2)22(24(28)26-11-13-30-3)17-8-6-7-9-18(17)25(27)29/h6-9,14-15,22-23H,4-5,10-13H2,1-3H3,(H,26,28)/t22-,23-/m0/s1. The van der Waals surface area contributed by atoms with Crippen LogP contribution in [0.25, 0.3) is 0 Å². The number of amides is 2. The minimum Gasteiger partial charge on any atom is -0.490 e. The number of ether oxygens (including phenoxy) is 3. The van der Waals surface area contributed by atoms with Crippen molar-refractivity contribution in [1.82, 2.24) is 10.2 Å². The van der Waals surface area contributed by atoms with Crippen LogP contribution in [0.2, 0.25) is 0 Å². The Morgan fingerprint density at radius 2 is 1.81 bits per heavy atom. The number of nitrogens with one attached hydrogen (secondary N) is 1. The van der Waals surface area contributed by atoms with Crippen molar-refractivity contribution in [3.05, 3.63) is 58.7 Å². The first-order valence-electron chi connectivity index (χ1n) is 11.2. The molecule has 0 unspecified atom stereocenters. The van der Waals surface area contributed by atoms with E-state index >= 15 is 0 Å². The quantitative estimate of drug-likeness (QED) is 0.641. The molecule has 0 saturated carbocycles. The van der Waals surface area contributed by atoms with E-state index in [1.165, 1.54) is 0 Å². The lowest BCUT2D eigenvalue weighted by Crippen LogP contribution is -2.50. The minimum atomic E-state index is -0.521. The van der Waals surface area contributed by atoms with Gasteiger partial charge in [-0.15, -0.1) is 0 Å². The first kappa shape index (κ1) is 22.1. The maximum absolute atomic E-state index is 13.4. The van der Waals surface area contributed by atoms with Gasteiger partial charge in [0.15, 0.2) is 11.5 Å². The van der Waals surface area contributed by atoms with Crippen molar-refractivity contribution in [3.63, 3.8) is 0 Å². The van der Waals surface area contributed by atoms with Gasteiger partial charge in [-0.05, 0) is 55.2 Å². The van der Waals surface area contributed by atoms with E-state index in [-0.39, 0.29) is 11.8 Å². The van der Waals surface area contributed by atoms with Crippen LogP contribution in [0, 0.1) is 0 Å². The summed E-state index contributed by atoms with van der Waals surface area (Å²) in [5, 5.41) is 2.99. The van der Waals surface area contributed by atoms with Gasteiger partial charge in [-0.2, -0.15) is 0 Å². The summed E-state index contributed by atoms with van der Waals surface area (Å²) in [4.78, 5) is 28.6. The van der Waals surface area contributed by atoms with Crippen molar-refractivity contribution in [2.75, 3.05) is 40.0 Å². The molecule has 7 heteroatoms. The van der Waals surface area contributed by atoms with Gasteiger partial charge in [0.2, 0.25) is 5.91 Å². The van der Waals surface area contributed by atoms with Crippen LogP contribution in [0.4, 0.5) is 0 Å². The Bertz CT molecular complexity index is 1010. The Morgan fingerprint density at radius 3 is 2.53 bits per heavy atom. The number of carbonyl (C=O) groups excluding carboxylic acids is 2. The molecule has 2 aliphatic heterocycles. The van der Waals surface area contributed by atoms with Gasteiger partial charge in [0, 0.05) is 25.8 Å². The molecule has 0 bridgehead atoms. The monoisotopic (exact) mass is 438 g/mol. The van der Waals surface area contributed by atoms with E-state index in [0.29, 0.717) is 56.4 Å². The molecule has 2 aromatic rings. The third-order valence-electron chi connectivity index (χ3n) is 6.07. The van der Waals surface area contributed by atoms with Crippen LogP contribution in [-0.2, 0) is 16.0 Å². The molecule has 4 rings (SSSR count). The van der Waals surface area contributed by atoms with E-state index < -0.39 is 12.0 Å². The molecule has 32 heavy (non-hydrogen) atoms. The molecular weight excluding hydrogens is 408 g/mol. The van der Waals surface area contributed by atoms with Crippen molar-refractivity contribution in [3.8, 4) is 11.5 Å². The van der Waals surface area contributed by atoms with Crippen LogP contribution < -0.4 is 14.8 Å². The molecule has 0 aliphatic carbocycles. The fraction of sp³-hybridized carbons (Fsp3) is 0.440. The van der Waals surface area contributed by atoms with Crippen LogP contribution in [0.15, 0.2) is 36.4 Å². The summed E-state index contributed by atoms with van der Waals surface area (Å²) >= 11 is 0. The Hall–Kier alpha value is -3.06. The smallest absolute Gasteiger partial charge is 0.254 e. The number of rotatable bonds is 8. The van der Waals surface area contributed by atoms with Gasteiger partial charge >= 0.3 is 0 Å². The lowest BCUT2D eigenvalue weighted by molar-refractivity contribution is -0.124. The van der Waals surface area contributed by atoms with E-state index in [0.717, 1.165) is 16.7 Å². The zero-order valence-electron chi connectivity index (χ0n) is 18.8. The molecule has 2 atom stereocenters. The second-order valence-corrected chi connectivity index (χ2v) is 7.91. The van der Waals surface area contributed by atoms with E-state index in [9.17, 15) is 9.59 Å². The Labute approximate surface area is 188 Å². The van der Waals surface area contributed by atoms with Crippen LogP contribution in [0.1, 0.15) is 52.9 Å². The molecule has 2 aliphatic rings. The highest BCUT2D eigenvalue weighted by molar-refractivity contribution is 6.01. The molecule has 2 amide bonds. The van der Waals surface area contributed by atoms with E-state index in [2.05, 4.69) is 5.32 Å². The Morgan fingerprint density at radius 1 is 1.09 bits per heavy atom. The molecule has 2 heterocycles. The Balaban J connectivity index is 1.83. The number of nitrogens with zero attached hydrogens (tertiary/aromatic N) is 1. The van der Waals surface area contributed by atoms with Crippen molar-refractivity contribution in [1.29, 1.82) is 0 Å². The van der Waals surface area contributed by atoms with Gasteiger partial charge in [0.1, 0.15) is 0 Å². The van der Waals surface area contributed by atoms with Crippen LogP contribution in [-0.4, -0.2) is 56.7 Å². The minimum absolute atomic E-state index is 0.0379. The topological polar surface area (TPSA) is 77.1 Å². The molecule has 7 nitrogen and oxygen atoms in total. The number of benzene rings is 2. The molecule has 0 spiro atoms. The zero-order valence-corrected chi connectivity index (χ0v) is 18.8. The van der Waals surface area contributed by atoms with Gasteiger partial charge in [-0.25, -0.2) is 0 Å². The van der Waals surface area contributed by atoms with Crippen LogP contribution in [0.3, 0.4) is 0 Å². The average molecular weight is 439 g/mol.